The number of aryl methyl sites for hydroxylation is 3. The van der Waals surface area contributed by atoms with Crippen molar-refractivity contribution in [1.82, 2.24) is 15.0 Å². The first-order valence-corrected chi connectivity index (χ1v) is 14.0. The Morgan fingerprint density at radius 3 is 1.51 bits per heavy atom. The molecule has 3 heteroatoms. The van der Waals surface area contributed by atoms with Gasteiger partial charge in [-0.15, -0.1) is 0 Å². The van der Waals surface area contributed by atoms with Crippen molar-refractivity contribution in [3.05, 3.63) is 127 Å². The Hall–Kier alpha value is -4.11. The van der Waals surface area contributed by atoms with Gasteiger partial charge in [0.2, 0.25) is 0 Å². The third kappa shape index (κ3) is 10.6. The molecule has 0 fully saturated rings. The van der Waals surface area contributed by atoms with Gasteiger partial charge in [-0.05, 0) is 66.8 Å². The first-order valence-electron chi connectivity index (χ1n) is 14.0. The van der Waals surface area contributed by atoms with Crippen LogP contribution in [0.2, 0.25) is 0 Å². The van der Waals surface area contributed by atoms with E-state index in [9.17, 15) is 0 Å². The minimum Gasteiger partial charge on any atom is -0.264 e. The zero-order chi connectivity index (χ0) is 29.0. The Balaban J connectivity index is 0.000000267. The third-order valence-electron chi connectivity index (χ3n) is 5.49. The van der Waals surface area contributed by atoms with Gasteiger partial charge in [0, 0.05) is 53.3 Å². The SMILES string of the molecule is CC.CC.CC.Cc1ccc2ccncc2c1.Cc1ccc2cnccc2c1.Cc1cccc2ccncc12. The number of fused-ring (bicyclic) bond motifs is 3. The summed E-state index contributed by atoms with van der Waals surface area (Å²) in [7, 11) is 0. The topological polar surface area (TPSA) is 38.7 Å². The molecule has 0 saturated carbocycles. The van der Waals surface area contributed by atoms with Gasteiger partial charge < -0.3 is 0 Å². The third-order valence-corrected chi connectivity index (χ3v) is 5.49. The first kappa shape index (κ1) is 32.9. The van der Waals surface area contributed by atoms with Crippen LogP contribution in [0.3, 0.4) is 0 Å². The summed E-state index contributed by atoms with van der Waals surface area (Å²) in [6.07, 6.45) is 11.1. The van der Waals surface area contributed by atoms with Crippen molar-refractivity contribution in [2.45, 2.75) is 62.3 Å². The summed E-state index contributed by atoms with van der Waals surface area (Å²) in [4.78, 5) is 12.2. The van der Waals surface area contributed by atoms with Crippen LogP contribution in [0.5, 0.6) is 0 Å². The van der Waals surface area contributed by atoms with Gasteiger partial charge in [-0.3, -0.25) is 15.0 Å². The van der Waals surface area contributed by atoms with Gasteiger partial charge in [-0.1, -0.05) is 101 Å². The van der Waals surface area contributed by atoms with E-state index in [1.807, 2.05) is 96.9 Å². The quantitative estimate of drug-likeness (QED) is 0.200. The Bertz CT molecular complexity index is 1410. The van der Waals surface area contributed by atoms with Gasteiger partial charge in [0.15, 0.2) is 0 Å². The van der Waals surface area contributed by atoms with Gasteiger partial charge in [-0.25, -0.2) is 0 Å². The molecule has 0 amide bonds. The van der Waals surface area contributed by atoms with E-state index in [4.69, 9.17) is 0 Å². The van der Waals surface area contributed by atoms with Crippen LogP contribution in [0.1, 0.15) is 58.2 Å². The Morgan fingerprint density at radius 1 is 0.410 bits per heavy atom. The highest BCUT2D eigenvalue weighted by Gasteiger charge is 1.93. The van der Waals surface area contributed by atoms with E-state index >= 15 is 0 Å². The van der Waals surface area contributed by atoms with Crippen molar-refractivity contribution in [3.63, 3.8) is 0 Å². The van der Waals surface area contributed by atoms with E-state index in [0.29, 0.717) is 0 Å². The normalized spacial score (nSPS) is 9.15. The molecule has 3 nitrogen and oxygen atoms in total. The van der Waals surface area contributed by atoms with E-state index in [1.54, 1.807) is 0 Å². The fraction of sp³-hybridized carbons (Fsp3) is 0.250. The second-order valence-electron chi connectivity index (χ2n) is 8.12. The van der Waals surface area contributed by atoms with Crippen molar-refractivity contribution in [2.24, 2.45) is 0 Å². The largest absolute Gasteiger partial charge is 0.264 e. The second kappa shape index (κ2) is 19.0. The number of hydrogen-bond donors (Lipinski definition) is 0. The summed E-state index contributed by atoms with van der Waals surface area (Å²) in [5.41, 5.74) is 3.87. The lowest BCUT2D eigenvalue weighted by Gasteiger charge is -1.98. The zero-order valence-electron chi connectivity index (χ0n) is 25.2. The zero-order valence-corrected chi connectivity index (χ0v) is 25.2. The molecule has 0 aliphatic heterocycles. The molecule has 3 heterocycles. The molecule has 0 unspecified atom stereocenters. The van der Waals surface area contributed by atoms with Crippen molar-refractivity contribution >= 4 is 32.3 Å². The van der Waals surface area contributed by atoms with Crippen LogP contribution in [0, 0.1) is 20.8 Å². The molecule has 3 aromatic carbocycles. The molecule has 0 radical (unpaired) electrons. The summed E-state index contributed by atoms with van der Waals surface area (Å²) in [5, 5.41) is 7.45. The monoisotopic (exact) mass is 519 g/mol. The van der Waals surface area contributed by atoms with Gasteiger partial charge in [0.25, 0.3) is 0 Å². The lowest BCUT2D eigenvalue weighted by Crippen LogP contribution is -1.78. The molecule has 6 rings (SSSR count). The molecule has 0 aliphatic rings. The number of pyridine rings is 3. The van der Waals surface area contributed by atoms with E-state index in [2.05, 4.69) is 90.3 Å². The standard InChI is InChI=1S/3C10H9N.3C2H6/c1-8-2-3-10-7-11-5-4-9(10)6-8;1-8-2-3-9-4-5-11-7-10(9)6-8;1-8-3-2-4-9-5-6-11-7-10(8)9;3*1-2/h3*2-7H,1H3;3*1-2H3. The minimum absolute atomic E-state index is 1.21. The van der Waals surface area contributed by atoms with Crippen LogP contribution in [0.4, 0.5) is 0 Å². The molecule has 0 spiro atoms. The number of hydrogen-bond acceptors (Lipinski definition) is 3. The molecule has 0 saturated heterocycles. The fourth-order valence-electron chi connectivity index (χ4n) is 3.67. The summed E-state index contributed by atoms with van der Waals surface area (Å²) in [5.74, 6) is 0. The molecular formula is C36H45N3. The molecule has 0 aliphatic carbocycles. The van der Waals surface area contributed by atoms with Crippen LogP contribution in [0.25, 0.3) is 32.3 Å². The predicted molar refractivity (Wildman–Crippen MR) is 173 cm³/mol. The maximum Gasteiger partial charge on any atom is 0.0349 e. The molecule has 204 valence electrons. The van der Waals surface area contributed by atoms with Crippen LogP contribution in [0.15, 0.2) is 110 Å². The van der Waals surface area contributed by atoms with Crippen molar-refractivity contribution in [2.75, 3.05) is 0 Å². The van der Waals surface area contributed by atoms with E-state index < -0.39 is 0 Å². The van der Waals surface area contributed by atoms with E-state index in [1.165, 1.54) is 49.0 Å². The predicted octanol–water partition coefficient (Wildman–Crippen LogP) is 10.7. The van der Waals surface area contributed by atoms with Crippen molar-refractivity contribution < 1.29 is 0 Å². The second-order valence-corrected chi connectivity index (χ2v) is 8.12. The van der Waals surface area contributed by atoms with Crippen LogP contribution < -0.4 is 0 Å². The highest BCUT2D eigenvalue weighted by Crippen LogP contribution is 2.16. The molecule has 6 aromatic rings. The average Bonchev–Trinajstić information content (AvgIpc) is 3.01. The molecule has 39 heavy (non-hydrogen) atoms. The lowest BCUT2D eigenvalue weighted by atomic mass is 10.1. The smallest absolute Gasteiger partial charge is 0.0349 e. The first-order chi connectivity index (χ1) is 19.1. The van der Waals surface area contributed by atoms with Gasteiger partial charge in [0.1, 0.15) is 0 Å². The van der Waals surface area contributed by atoms with Crippen LogP contribution in [-0.4, -0.2) is 15.0 Å². The van der Waals surface area contributed by atoms with Crippen molar-refractivity contribution in [1.29, 1.82) is 0 Å². The minimum atomic E-state index is 1.21. The highest BCUT2D eigenvalue weighted by molar-refractivity contribution is 5.84. The lowest BCUT2D eigenvalue weighted by molar-refractivity contribution is 1.35. The Morgan fingerprint density at radius 2 is 0.897 bits per heavy atom. The summed E-state index contributed by atoms with van der Waals surface area (Å²) in [6, 6.07) is 25.1. The maximum absolute atomic E-state index is 4.07. The Labute approximate surface area is 236 Å². The number of benzene rings is 3. The number of nitrogens with zero attached hydrogens (tertiary/aromatic N) is 3. The molecular weight excluding hydrogens is 474 g/mol. The molecule has 0 N–H and O–H groups in total. The summed E-state index contributed by atoms with van der Waals surface area (Å²) >= 11 is 0. The van der Waals surface area contributed by atoms with Crippen LogP contribution in [-0.2, 0) is 0 Å². The number of rotatable bonds is 0. The van der Waals surface area contributed by atoms with Gasteiger partial charge >= 0.3 is 0 Å². The Kier molecular flexibility index (Phi) is 16.1. The highest BCUT2D eigenvalue weighted by atomic mass is 14.6. The molecule has 3 aromatic heterocycles. The molecule has 0 bridgehead atoms. The molecule has 0 atom stereocenters. The summed E-state index contributed by atoms with van der Waals surface area (Å²) < 4.78 is 0. The average molecular weight is 520 g/mol. The fourth-order valence-corrected chi connectivity index (χ4v) is 3.67. The van der Waals surface area contributed by atoms with Crippen molar-refractivity contribution in [3.8, 4) is 0 Å². The van der Waals surface area contributed by atoms with E-state index in [-0.39, 0.29) is 0 Å². The van der Waals surface area contributed by atoms with Gasteiger partial charge in [-0.2, -0.15) is 0 Å². The maximum atomic E-state index is 4.07. The number of aromatic nitrogens is 3. The van der Waals surface area contributed by atoms with Crippen LogP contribution >= 0.6 is 0 Å². The summed E-state index contributed by atoms with van der Waals surface area (Å²) in [6.45, 7) is 18.3. The van der Waals surface area contributed by atoms with E-state index in [0.717, 1.165) is 0 Å². The van der Waals surface area contributed by atoms with Gasteiger partial charge in [0.05, 0.1) is 0 Å².